The molecule has 0 radical (unpaired) electrons. The Morgan fingerprint density at radius 3 is 0.706 bits per heavy atom. The molecule has 0 aromatic rings. The van der Waals surface area contributed by atoms with Crippen LogP contribution in [0.25, 0.3) is 0 Å². The first-order chi connectivity index (χ1) is 7.81. The van der Waals surface area contributed by atoms with Crippen LogP contribution >= 0.6 is 0 Å². The van der Waals surface area contributed by atoms with Crippen LogP contribution in [0.15, 0.2) is 0 Å². The van der Waals surface area contributed by atoms with E-state index in [0.29, 0.717) is 37.6 Å². The SMILES string of the molecule is CC(C)CO.CC(C)CO.CC(C)CO.[O]=[V]. The minimum atomic E-state index is 0.306. The Balaban J connectivity index is -0.0000000693. The summed E-state index contributed by atoms with van der Waals surface area (Å²) in [5, 5.41) is 24.4. The van der Waals surface area contributed by atoms with E-state index in [1.54, 1.807) is 0 Å². The first kappa shape index (κ1) is 26.0. The average Bonchev–Trinajstić information content (AvgIpc) is 2.32. The summed E-state index contributed by atoms with van der Waals surface area (Å²) in [6.45, 7) is 12.7. The topological polar surface area (TPSA) is 77.8 Å². The van der Waals surface area contributed by atoms with Crippen LogP contribution in [0.2, 0.25) is 0 Å². The van der Waals surface area contributed by atoms with E-state index in [4.69, 9.17) is 19.0 Å². The van der Waals surface area contributed by atoms with Crippen molar-refractivity contribution in [3.63, 3.8) is 0 Å². The van der Waals surface area contributed by atoms with Crippen LogP contribution in [0.3, 0.4) is 0 Å². The molecule has 3 N–H and O–H groups in total. The Bertz CT molecular complexity index is 89.7. The summed E-state index contributed by atoms with van der Waals surface area (Å²) in [7, 11) is 0. The molecule has 0 rings (SSSR count). The van der Waals surface area contributed by atoms with Crippen molar-refractivity contribution >= 4 is 0 Å². The molecule has 0 amide bonds. The van der Waals surface area contributed by atoms with Crippen molar-refractivity contribution < 1.29 is 36.4 Å². The standard InChI is InChI=1S/3C4H10O.O.V/c3*1-4(2)3-5;;/h3*4-5H,3H2,1-2H3;;. The van der Waals surface area contributed by atoms with Gasteiger partial charge in [-0.3, -0.25) is 0 Å². The van der Waals surface area contributed by atoms with Gasteiger partial charge in [0.15, 0.2) is 0 Å². The van der Waals surface area contributed by atoms with Crippen LogP contribution in [0.4, 0.5) is 0 Å². The normalized spacial score (nSPS) is 8.65. The van der Waals surface area contributed by atoms with E-state index in [-0.39, 0.29) is 0 Å². The quantitative estimate of drug-likeness (QED) is 0.740. The molecule has 0 aliphatic rings. The fraction of sp³-hybridized carbons (Fsp3) is 1.00. The minimum absolute atomic E-state index is 0.306. The van der Waals surface area contributed by atoms with E-state index >= 15 is 0 Å². The van der Waals surface area contributed by atoms with Crippen LogP contribution in [-0.4, -0.2) is 35.1 Å². The van der Waals surface area contributed by atoms with Gasteiger partial charge in [-0.05, 0) is 17.8 Å². The van der Waals surface area contributed by atoms with Crippen molar-refractivity contribution in [2.75, 3.05) is 19.8 Å². The second-order valence-electron chi connectivity index (χ2n) is 4.73. The van der Waals surface area contributed by atoms with Gasteiger partial charge in [-0.1, -0.05) is 41.5 Å². The molecular formula is C12H30O4V. The summed E-state index contributed by atoms with van der Waals surface area (Å²) in [4.78, 5) is 0. The third-order valence-electron chi connectivity index (χ3n) is 1.10. The molecule has 0 heterocycles. The van der Waals surface area contributed by atoms with E-state index in [9.17, 15) is 0 Å². The van der Waals surface area contributed by atoms with Crippen molar-refractivity contribution in [2.24, 2.45) is 17.8 Å². The van der Waals surface area contributed by atoms with Gasteiger partial charge >= 0.3 is 21.0 Å². The van der Waals surface area contributed by atoms with E-state index in [0.717, 1.165) is 17.4 Å². The monoisotopic (exact) mass is 289 g/mol. The first-order valence-electron chi connectivity index (χ1n) is 5.82. The molecule has 0 saturated heterocycles. The predicted octanol–water partition coefficient (Wildman–Crippen LogP) is 1.78. The molecule has 0 aromatic carbocycles. The number of hydrogen-bond donors (Lipinski definition) is 3. The zero-order chi connectivity index (χ0) is 14.9. The average molecular weight is 289 g/mol. The maximum absolute atomic E-state index is 8.19. The summed E-state index contributed by atoms with van der Waals surface area (Å²) in [6, 6.07) is 0. The molecule has 0 saturated carbocycles. The fourth-order valence-electron chi connectivity index (χ4n) is 0. The molecule has 0 atom stereocenters. The molecule has 0 unspecified atom stereocenters. The Morgan fingerprint density at radius 2 is 0.706 bits per heavy atom. The molecule has 0 aliphatic heterocycles. The van der Waals surface area contributed by atoms with E-state index < -0.39 is 0 Å². The van der Waals surface area contributed by atoms with Gasteiger partial charge in [0.1, 0.15) is 0 Å². The third kappa shape index (κ3) is 84.3. The van der Waals surface area contributed by atoms with Crippen molar-refractivity contribution in [1.29, 1.82) is 0 Å². The zero-order valence-corrected chi connectivity index (χ0v) is 13.4. The van der Waals surface area contributed by atoms with Gasteiger partial charge in [-0.15, -0.1) is 0 Å². The Labute approximate surface area is 116 Å². The number of hydrogen-bond acceptors (Lipinski definition) is 4. The van der Waals surface area contributed by atoms with Crippen molar-refractivity contribution in [1.82, 2.24) is 0 Å². The van der Waals surface area contributed by atoms with Gasteiger partial charge in [-0.25, -0.2) is 0 Å². The molecule has 0 aromatic heterocycles. The number of rotatable bonds is 3. The molecule has 0 spiro atoms. The van der Waals surface area contributed by atoms with E-state index in [2.05, 4.69) is 0 Å². The maximum atomic E-state index is 8.19. The predicted molar refractivity (Wildman–Crippen MR) is 66.5 cm³/mol. The van der Waals surface area contributed by atoms with Crippen molar-refractivity contribution in [3.05, 3.63) is 0 Å². The van der Waals surface area contributed by atoms with Gasteiger partial charge in [0.25, 0.3) is 0 Å². The summed E-state index contributed by atoms with van der Waals surface area (Å²) in [5.74, 6) is 1.32. The Morgan fingerprint density at radius 1 is 0.647 bits per heavy atom. The van der Waals surface area contributed by atoms with Gasteiger partial charge in [-0.2, -0.15) is 0 Å². The molecule has 0 fully saturated rings. The summed E-state index contributed by atoms with van der Waals surface area (Å²) >= 11 is 1.06. The van der Waals surface area contributed by atoms with Crippen molar-refractivity contribution in [3.8, 4) is 0 Å². The van der Waals surface area contributed by atoms with Gasteiger partial charge in [0.2, 0.25) is 0 Å². The Kier molecular flexibility index (Phi) is 38.5. The van der Waals surface area contributed by atoms with Gasteiger partial charge < -0.3 is 15.3 Å². The molecular weight excluding hydrogens is 259 g/mol. The van der Waals surface area contributed by atoms with Crippen LogP contribution in [-0.2, 0) is 21.0 Å². The van der Waals surface area contributed by atoms with Gasteiger partial charge in [0, 0.05) is 19.8 Å². The van der Waals surface area contributed by atoms with E-state index in [1.165, 1.54) is 0 Å². The number of aliphatic hydroxyl groups is 3. The molecule has 5 heteroatoms. The van der Waals surface area contributed by atoms with Crippen LogP contribution in [0, 0.1) is 17.8 Å². The van der Waals surface area contributed by atoms with Crippen molar-refractivity contribution in [2.45, 2.75) is 41.5 Å². The zero-order valence-electron chi connectivity index (χ0n) is 12.1. The van der Waals surface area contributed by atoms with Crippen LogP contribution in [0.5, 0.6) is 0 Å². The molecule has 0 bridgehead atoms. The first-order valence-corrected chi connectivity index (χ1v) is 6.39. The second-order valence-corrected chi connectivity index (χ2v) is 4.73. The van der Waals surface area contributed by atoms with E-state index in [1.807, 2.05) is 41.5 Å². The summed E-state index contributed by atoms with van der Waals surface area (Å²) in [5.41, 5.74) is 0. The van der Waals surface area contributed by atoms with Crippen LogP contribution in [0.1, 0.15) is 41.5 Å². The third-order valence-corrected chi connectivity index (χ3v) is 1.10. The molecule has 17 heavy (non-hydrogen) atoms. The van der Waals surface area contributed by atoms with Gasteiger partial charge in [0.05, 0.1) is 0 Å². The molecule has 4 nitrogen and oxygen atoms in total. The fourth-order valence-corrected chi connectivity index (χ4v) is 0. The summed E-state index contributed by atoms with van der Waals surface area (Å²) < 4.78 is 8.19. The second kappa shape index (κ2) is 25.2. The van der Waals surface area contributed by atoms with Crippen LogP contribution < -0.4 is 0 Å². The number of aliphatic hydroxyl groups excluding tert-OH is 3. The Hall–Kier alpha value is 0.264. The molecule has 107 valence electrons. The molecule has 0 aliphatic carbocycles. The summed E-state index contributed by atoms with van der Waals surface area (Å²) in [6.07, 6.45) is 0.